The molecule has 0 saturated carbocycles. The average Bonchev–Trinajstić information content (AvgIpc) is 3.80. The molecule has 12 rings (SSSR count). The van der Waals surface area contributed by atoms with Crippen LogP contribution >= 0.6 is 11.3 Å². The lowest BCUT2D eigenvalue weighted by Crippen LogP contribution is -2.61. The van der Waals surface area contributed by atoms with Crippen molar-refractivity contribution in [1.82, 2.24) is 0 Å². The molecular formula is C48H29BN2OS. The Hall–Kier alpha value is -6.56. The molecule has 2 aliphatic rings. The molecule has 246 valence electrons. The van der Waals surface area contributed by atoms with Crippen LogP contribution in [0.1, 0.15) is 0 Å². The zero-order chi connectivity index (χ0) is 34.6. The van der Waals surface area contributed by atoms with E-state index in [1.165, 1.54) is 65.0 Å². The molecule has 0 atom stereocenters. The van der Waals surface area contributed by atoms with Gasteiger partial charge in [0.1, 0.15) is 11.2 Å². The minimum atomic E-state index is 0.104. The van der Waals surface area contributed by atoms with Crippen molar-refractivity contribution in [2.24, 2.45) is 0 Å². The van der Waals surface area contributed by atoms with E-state index in [1.54, 1.807) is 0 Å². The molecule has 3 nitrogen and oxygen atoms in total. The third-order valence-electron chi connectivity index (χ3n) is 11.3. The lowest BCUT2D eigenvalue weighted by atomic mass is 9.33. The van der Waals surface area contributed by atoms with Crippen LogP contribution in [-0.4, -0.2) is 6.71 Å². The molecule has 0 amide bonds. The van der Waals surface area contributed by atoms with Crippen LogP contribution in [-0.2, 0) is 0 Å². The molecule has 2 aliphatic heterocycles. The van der Waals surface area contributed by atoms with Crippen molar-refractivity contribution < 1.29 is 4.42 Å². The molecular weight excluding hydrogens is 663 g/mol. The van der Waals surface area contributed by atoms with E-state index < -0.39 is 0 Å². The van der Waals surface area contributed by atoms with E-state index in [9.17, 15) is 0 Å². The molecule has 4 heterocycles. The van der Waals surface area contributed by atoms with Gasteiger partial charge in [0, 0.05) is 60.2 Å². The molecule has 8 aromatic carbocycles. The number of nitrogens with zero attached hydrogens (tertiary/aromatic N) is 2. The molecule has 5 heteroatoms. The molecule has 0 aliphatic carbocycles. The molecule has 0 saturated heterocycles. The van der Waals surface area contributed by atoms with Gasteiger partial charge < -0.3 is 14.2 Å². The molecule has 0 bridgehead atoms. The second kappa shape index (κ2) is 11.0. The fraction of sp³-hybridized carbons (Fsp3) is 0. The Labute approximate surface area is 310 Å². The third-order valence-corrected chi connectivity index (χ3v) is 12.5. The number of anilines is 6. The minimum Gasteiger partial charge on any atom is -0.455 e. The van der Waals surface area contributed by atoms with Crippen LogP contribution < -0.4 is 26.2 Å². The highest BCUT2D eigenvalue weighted by atomic mass is 32.1. The standard InChI is InChI=1S/C48H29BN2OS/c1-7-24-44-33(12-1)35-15-9-14-32(47(35)52-44)30-26-28-31(29-27-30)50-39-19-5-3-17-37(39)49-38-18-4-6-20-40(38)51(42-22-11-21-41(50)46(42)49)43-23-10-16-36-34-13-2-8-25-45(34)53-48(36)43/h1-29H. The first kappa shape index (κ1) is 29.1. The van der Waals surface area contributed by atoms with Crippen molar-refractivity contribution in [2.45, 2.75) is 0 Å². The Balaban J connectivity index is 1.06. The molecule has 53 heavy (non-hydrogen) atoms. The van der Waals surface area contributed by atoms with Crippen LogP contribution in [0, 0.1) is 0 Å². The monoisotopic (exact) mass is 692 g/mol. The Kier molecular flexibility index (Phi) is 6.02. The molecule has 0 fully saturated rings. The number of hydrogen-bond acceptors (Lipinski definition) is 4. The predicted molar refractivity (Wildman–Crippen MR) is 226 cm³/mol. The van der Waals surface area contributed by atoms with Crippen LogP contribution in [0.2, 0.25) is 0 Å². The zero-order valence-corrected chi connectivity index (χ0v) is 29.3. The van der Waals surface area contributed by atoms with Crippen molar-refractivity contribution in [3.63, 3.8) is 0 Å². The Morgan fingerprint density at radius 2 is 1.02 bits per heavy atom. The number of rotatable bonds is 3. The maximum absolute atomic E-state index is 6.43. The van der Waals surface area contributed by atoms with E-state index in [2.05, 4.69) is 174 Å². The van der Waals surface area contributed by atoms with Crippen LogP contribution in [0.25, 0.3) is 53.2 Å². The summed E-state index contributed by atoms with van der Waals surface area (Å²) >= 11 is 1.88. The van der Waals surface area contributed by atoms with Gasteiger partial charge in [-0.05, 0) is 76.5 Å². The second-order valence-electron chi connectivity index (χ2n) is 14.0. The summed E-state index contributed by atoms with van der Waals surface area (Å²) in [4.78, 5) is 4.98. The quantitative estimate of drug-likeness (QED) is 0.172. The van der Waals surface area contributed by atoms with E-state index in [0.717, 1.165) is 38.8 Å². The summed E-state index contributed by atoms with van der Waals surface area (Å²) in [5, 5.41) is 4.91. The van der Waals surface area contributed by atoms with Gasteiger partial charge in [0.25, 0.3) is 6.71 Å². The van der Waals surface area contributed by atoms with Gasteiger partial charge in [0.15, 0.2) is 0 Å². The summed E-state index contributed by atoms with van der Waals surface area (Å²) in [5.41, 5.74) is 15.3. The van der Waals surface area contributed by atoms with Gasteiger partial charge in [0.05, 0.1) is 10.4 Å². The number of para-hydroxylation sites is 4. The van der Waals surface area contributed by atoms with Gasteiger partial charge in [-0.1, -0.05) is 121 Å². The van der Waals surface area contributed by atoms with E-state index in [4.69, 9.17) is 4.42 Å². The van der Waals surface area contributed by atoms with Crippen molar-refractivity contribution in [3.05, 3.63) is 176 Å². The predicted octanol–water partition coefficient (Wildman–Crippen LogP) is 11.7. The highest BCUT2D eigenvalue weighted by Crippen LogP contribution is 2.48. The topological polar surface area (TPSA) is 19.6 Å². The molecule has 2 aromatic heterocycles. The summed E-state index contributed by atoms with van der Waals surface area (Å²) in [7, 11) is 0. The van der Waals surface area contributed by atoms with Gasteiger partial charge in [-0.3, -0.25) is 0 Å². The van der Waals surface area contributed by atoms with Crippen molar-refractivity contribution in [1.29, 1.82) is 0 Å². The van der Waals surface area contributed by atoms with Gasteiger partial charge in [0.2, 0.25) is 0 Å². The summed E-state index contributed by atoms with van der Waals surface area (Å²) in [6.07, 6.45) is 0. The first-order valence-corrected chi connectivity index (χ1v) is 19.0. The van der Waals surface area contributed by atoms with Crippen molar-refractivity contribution in [3.8, 4) is 11.1 Å². The fourth-order valence-corrected chi connectivity index (χ4v) is 10.3. The minimum absolute atomic E-state index is 0.104. The van der Waals surface area contributed by atoms with Gasteiger partial charge >= 0.3 is 0 Å². The smallest absolute Gasteiger partial charge is 0.252 e. The van der Waals surface area contributed by atoms with Gasteiger partial charge in [-0.25, -0.2) is 0 Å². The lowest BCUT2D eigenvalue weighted by molar-refractivity contribution is 0.670. The number of fused-ring (bicyclic) bond motifs is 10. The zero-order valence-electron chi connectivity index (χ0n) is 28.5. The SMILES string of the molecule is c1ccc2c(c1)B1c3ccccc3N(c3cccc4c3sc3ccccc34)c3cccc(c31)N2c1ccc(-c2cccc3c2oc2ccccc23)cc1. The first-order valence-electron chi connectivity index (χ1n) is 18.1. The third kappa shape index (κ3) is 4.05. The average molecular weight is 693 g/mol. The highest BCUT2D eigenvalue weighted by Gasteiger charge is 2.43. The fourth-order valence-electron chi connectivity index (χ4n) is 9.05. The first-order chi connectivity index (χ1) is 26.3. The van der Waals surface area contributed by atoms with E-state index in [-0.39, 0.29) is 6.71 Å². The number of thiophene rings is 1. The maximum Gasteiger partial charge on any atom is 0.252 e. The normalized spacial score (nSPS) is 13.2. The summed E-state index contributed by atoms with van der Waals surface area (Å²) < 4.78 is 9.05. The van der Waals surface area contributed by atoms with Crippen molar-refractivity contribution >= 4 is 111 Å². The van der Waals surface area contributed by atoms with Crippen LogP contribution in [0.3, 0.4) is 0 Å². The molecule has 0 N–H and O–H groups in total. The largest absolute Gasteiger partial charge is 0.455 e. The lowest BCUT2D eigenvalue weighted by Gasteiger charge is -2.44. The second-order valence-corrected chi connectivity index (χ2v) is 15.1. The molecule has 0 spiro atoms. The molecule has 0 radical (unpaired) electrons. The summed E-state index contributed by atoms with van der Waals surface area (Å²) in [6.45, 7) is 0.104. The maximum atomic E-state index is 6.43. The van der Waals surface area contributed by atoms with Gasteiger partial charge in [-0.15, -0.1) is 11.3 Å². The molecule has 10 aromatic rings. The Morgan fingerprint density at radius 1 is 0.434 bits per heavy atom. The number of hydrogen-bond donors (Lipinski definition) is 0. The highest BCUT2D eigenvalue weighted by molar-refractivity contribution is 7.26. The number of furan rings is 1. The van der Waals surface area contributed by atoms with Crippen LogP contribution in [0.4, 0.5) is 34.1 Å². The van der Waals surface area contributed by atoms with E-state index in [1.807, 2.05) is 23.5 Å². The Bertz CT molecular complexity index is 3110. The van der Waals surface area contributed by atoms with E-state index >= 15 is 0 Å². The summed E-state index contributed by atoms with van der Waals surface area (Å²) in [5.74, 6) is 0. The van der Waals surface area contributed by atoms with Crippen molar-refractivity contribution in [2.75, 3.05) is 9.80 Å². The molecule has 0 unspecified atom stereocenters. The Morgan fingerprint density at radius 3 is 1.85 bits per heavy atom. The van der Waals surface area contributed by atoms with Crippen LogP contribution in [0.15, 0.2) is 180 Å². The van der Waals surface area contributed by atoms with Gasteiger partial charge in [-0.2, -0.15) is 0 Å². The number of benzene rings is 8. The van der Waals surface area contributed by atoms with E-state index in [0.29, 0.717) is 0 Å². The van der Waals surface area contributed by atoms with Crippen LogP contribution in [0.5, 0.6) is 0 Å². The summed E-state index contributed by atoms with van der Waals surface area (Å²) in [6, 6.07) is 64.1.